The van der Waals surface area contributed by atoms with Crippen molar-refractivity contribution in [2.24, 2.45) is 0 Å². The second-order valence-electron chi connectivity index (χ2n) is 5.93. The van der Waals surface area contributed by atoms with Crippen LogP contribution in [0.5, 0.6) is 0 Å². The molecule has 2 aliphatic rings. The third-order valence-corrected chi connectivity index (χ3v) is 4.26. The highest BCUT2D eigenvalue weighted by Crippen LogP contribution is 2.20. The molecule has 0 radical (unpaired) electrons. The molecule has 2 fully saturated rings. The Labute approximate surface area is 115 Å². The number of ether oxygens (including phenoxy) is 1. The first-order chi connectivity index (χ1) is 9.09. The van der Waals surface area contributed by atoms with Crippen molar-refractivity contribution in [3.05, 3.63) is 0 Å². The quantitative estimate of drug-likeness (QED) is 0.683. The number of carbonyl (C=O) groups is 1. The van der Waals surface area contributed by atoms with Crippen molar-refractivity contribution in [1.82, 2.24) is 10.6 Å². The fourth-order valence-electron chi connectivity index (χ4n) is 2.76. The Morgan fingerprint density at radius 1 is 1.37 bits per heavy atom. The van der Waals surface area contributed by atoms with Gasteiger partial charge in [-0.25, -0.2) is 0 Å². The average Bonchev–Trinajstić information content (AvgIpc) is 2.90. The van der Waals surface area contributed by atoms with E-state index < -0.39 is 5.60 Å². The molecular formula is C14H26N2O3. The van der Waals surface area contributed by atoms with Crippen molar-refractivity contribution in [1.29, 1.82) is 0 Å². The van der Waals surface area contributed by atoms with Gasteiger partial charge in [0.05, 0.1) is 11.6 Å². The van der Waals surface area contributed by atoms with Gasteiger partial charge in [0.1, 0.15) is 0 Å². The molecule has 1 saturated carbocycles. The highest BCUT2D eigenvalue weighted by molar-refractivity contribution is 5.81. The zero-order chi connectivity index (χ0) is 13.7. The minimum absolute atomic E-state index is 0.0440. The molecule has 5 nitrogen and oxygen atoms in total. The molecule has 1 aliphatic carbocycles. The van der Waals surface area contributed by atoms with Gasteiger partial charge in [0, 0.05) is 38.6 Å². The maximum atomic E-state index is 12.0. The standard InChI is InChI=1S/C14H26N2O3/c1-11(13(17)16-12-4-2-3-5-12)15-10-14(18)6-8-19-9-7-14/h11-12,15,18H,2-10H2,1H3,(H,16,17). The SMILES string of the molecule is CC(NCC1(O)CCOCC1)C(=O)NC1CCCC1. The second kappa shape index (κ2) is 6.68. The summed E-state index contributed by atoms with van der Waals surface area (Å²) in [6, 6.07) is 0.0930. The molecule has 1 unspecified atom stereocenters. The van der Waals surface area contributed by atoms with Gasteiger partial charge in [-0.2, -0.15) is 0 Å². The lowest BCUT2D eigenvalue weighted by Crippen LogP contribution is -2.52. The summed E-state index contributed by atoms with van der Waals surface area (Å²) >= 11 is 0. The van der Waals surface area contributed by atoms with E-state index in [1.54, 1.807) is 0 Å². The highest BCUT2D eigenvalue weighted by atomic mass is 16.5. The number of aliphatic hydroxyl groups is 1. The van der Waals surface area contributed by atoms with Gasteiger partial charge in [-0.3, -0.25) is 4.79 Å². The largest absolute Gasteiger partial charge is 0.388 e. The molecule has 3 N–H and O–H groups in total. The number of hydrogen-bond donors (Lipinski definition) is 3. The predicted octanol–water partition coefficient (Wildman–Crippen LogP) is 0.565. The first-order valence-electron chi connectivity index (χ1n) is 7.43. The number of nitrogens with one attached hydrogen (secondary N) is 2. The van der Waals surface area contributed by atoms with Crippen molar-refractivity contribution in [2.45, 2.75) is 63.1 Å². The maximum absolute atomic E-state index is 12.0. The first-order valence-corrected chi connectivity index (χ1v) is 7.43. The normalized spacial score (nSPS) is 25.2. The average molecular weight is 270 g/mol. The summed E-state index contributed by atoms with van der Waals surface area (Å²) in [5.74, 6) is 0.0440. The number of amides is 1. The number of carbonyl (C=O) groups excluding carboxylic acids is 1. The molecule has 0 aromatic rings. The predicted molar refractivity (Wildman–Crippen MR) is 72.9 cm³/mol. The fourth-order valence-corrected chi connectivity index (χ4v) is 2.76. The zero-order valence-electron chi connectivity index (χ0n) is 11.8. The minimum atomic E-state index is -0.722. The van der Waals surface area contributed by atoms with E-state index in [2.05, 4.69) is 10.6 Å². The molecule has 0 bridgehead atoms. The van der Waals surface area contributed by atoms with E-state index in [0.717, 1.165) is 12.8 Å². The van der Waals surface area contributed by atoms with E-state index in [9.17, 15) is 9.90 Å². The molecule has 1 heterocycles. The van der Waals surface area contributed by atoms with E-state index in [-0.39, 0.29) is 11.9 Å². The van der Waals surface area contributed by atoms with Crippen LogP contribution >= 0.6 is 0 Å². The van der Waals surface area contributed by atoms with Crippen LogP contribution in [0.25, 0.3) is 0 Å². The topological polar surface area (TPSA) is 70.6 Å². The maximum Gasteiger partial charge on any atom is 0.237 e. The summed E-state index contributed by atoms with van der Waals surface area (Å²) in [5.41, 5.74) is -0.722. The van der Waals surface area contributed by atoms with Crippen LogP contribution in [0.4, 0.5) is 0 Å². The van der Waals surface area contributed by atoms with Gasteiger partial charge in [0.25, 0.3) is 0 Å². The summed E-state index contributed by atoms with van der Waals surface area (Å²) in [4.78, 5) is 12.0. The van der Waals surface area contributed by atoms with E-state index in [1.807, 2.05) is 6.92 Å². The van der Waals surface area contributed by atoms with Crippen LogP contribution < -0.4 is 10.6 Å². The lowest BCUT2D eigenvalue weighted by atomic mass is 9.94. The second-order valence-corrected chi connectivity index (χ2v) is 5.93. The van der Waals surface area contributed by atoms with Gasteiger partial charge < -0.3 is 20.5 Å². The Morgan fingerprint density at radius 2 is 2.00 bits per heavy atom. The molecule has 0 aromatic heterocycles. The molecular weight excluding hydrogens is 244 g/mol. The number of hydrogen-bond acceptors (Lipinski definition) is 4. The molecule has 1 aliphatic heterocycles. The molecule has 0 aromatic carbocycles. The third kappa shape index (κ3) is 4.44. The summed E-state index contributed by atoms with van der Waals surface area (Å²) in [6.45, 7) is 3.50. The first kappa shape index (κ1) is 14.8. The van der Waals surface area contributed by atoms with Crippen molar-refractivity contribution in [3.8, 4) is 0 Å². The van der Waals surface area contributed by atoms with Gasteiger partial charge in [-0.05, 0) is 19.8 Å². The summed E-state index contributed by atoms with van der Waals surface area (Å²) in [6.07, 6.45) is 5.90. The van der Waals surface area contributed by atoms with Crippen molar-refractivity contribution >= 4 is 5.91 Å². The van der Waals surface area contributed by atoms with Crippen LogP contribution in [0.1, 0.15) is 45.4 Å². The van der Waals surface area contributed by atoms with Gasteiger partial charge in [-0.15, -0.1) is 0 Å². The Balaban J connectivity index is 1.70. The molecule has 19 heavy (non-hydrogen) atoms. The van der Waals surface area contributed by atoms with Crippen molar-refractivity contribution in [3.63, 3.8) is 0 Å². The van der Waals surface area contributed by atoms with Gasteiger partial charge in [0.15, 0.2) is 0 Å². The summed E-state index contributed by atoms with van der Waals surface area (Å²) in [5, 5.41) is 16.5. The Morgan fingerprint density at radius 3 is 2.63 bits per heavy atom. The van der Waals surface area contributed by atoms with Crippen LogP contribution in [-0.4, -0.2) is 48.5 Å². The molecule has 5 heteroatoms. The molecule has 2 rings (SSSR count). The van der Waals surface area contributed by atoms with Crippen LogP contribution in [0.2, 0.25) is 0 Å². The molecule has 1 atom stereocenters. The monoisotopic (exact) mass is 270 g/mol. The lowest BCUT2D eigenvalue weighted by molar-refractivity contribution is -0.124. The van der Waals surface area contributed by atoms with E-state index in [1.165, 1.54) is 12.8 Å². The van der Waals surface area contributed by atoms with E-state index in [4.69, 9.17) is 4.74 Å². The van der Waals surface area contributed by atoms with Gasteiger partial charge in [0.2, 0.25) is 5.91 Å². The van der Waals surface area contributed by atoms with Crippen LogP contribution in [0.3, 0.4) is 0 Å². The molecule has 1 saturated heterocycles. The van der Waals surface area contributed by atoms with Gasteiger partial charge in [-0.1, -0.05) is 12.8 Å². The fraction of sp³-hybridized carbons (Fsp3) is 0.929. The van der Waals surface area contributed by atoms with Crippen LogP contribution in [0.15, 0.2) is 0 Å². The van der Waals surface area contributed by atoms with Crippen LogP contribution in [0, 0.1) is 0 Å². The van der Waals surface area contributed by atoms with Gasteiger partial charge >= 0.3 is 0 Å². The van der Waals surface area contributed by atoms with Crippen molar-refractivity contribution < 1.29 is 14.6 Å². The third-order valence-electron chi connectivity index (χ3n) is 4.26. The van der Waals surface area contributed by atoms with Crippen LogP contribution in [-0.2, 0) is 9.53 Å². The van der Waals surface area contributed by atoms with E-state index >= 15 is 0 Å². The highest BCUT2D eigenvalue weighted by Gasteiger charge is 2.30. The molecule has 110 valence electrons. The smallest absolute Gasteiger partial charge is 0.237 e. The Kier molecular flexibility index (Phi) is 5.19. The summed E-state index contributed by atoms with van der Waals surface area (Å²) in [7, 11) is 0. The molecule has 1 amide bonds. The van der Waals surface area contributed by atoms with E-state index in [0.29, 0.717) is 38.6 Å². The Bertz CT molecular complexity index is 297. The minimum Gasteiger partial charge on any atom is -0.388 e. The van der Waals surface area contributed by atoms with Crippen molar-refractivity contribution in [2.75, 3.05) is 19.8 Å². The number of rotatable bonds is 5. The Hall–Kier alpha value is -0.650. The summed E-state index contributed by atoms with van der Waals surface area (Å²) < 4.78 is 5.24. The zero-order valence-corrected chi connectivity index (χ0v) is 11.8. The lowest BCUT2D eigenvalue weighted by Gasteiger charge is -2.33. The molecule has 0 spiro atoms.